The molecule has 0 unspecified atom stereocenters. The van der Waals surface area contributed by atoms with Gasteiger partial charge in [-0.15, -0.1) is 0 Å². The number of aryl methyl sites for hydroxylation is 1. The fraction of sp³-hybridized carbons (Fsp3) is 0.286. The van der Waals surface area contributed by atoms with Crippen LogP contribution < -0.4 is 5.46 Å². The highest BCUT2D eigenvalue weighted by Crippen LogP contribution is 1.91. The van der Waals surface area contributed by atoms with Gasteiger partial charge in [-0.2, -0.15) is 0 Å². The number of aromatic nitrogens is 1. The lowest BCUT2D eigenvalue weighted by molar-refractivity contribution is -0.193. The van der Waals surface area contributed by atoms with Crippen LogP contribution in [0.1, 0.15) is 5.56 Å². The minimum atomic E-state index is -1.07. The minimum absolute atomic E-state index is 0.580. The fourth-order valence-electron chi connectivity index (χ4n) is 0.860. The van der Waals surface area contributed by atoms with Crippen molar-refractivity contribution in [3.05, 3.63) is 24.0 Å². The third-order valence-electron chi connectivity index (χ3n) is 1.37. The van der Waals surface area contributed by atoms with Crippen molar-refractivity contribution in [3.8, 4) is 0 Å². The second-order valence-electron chi connectivity index (χ2n) is 2.41. The van der Waals surface area contributed by atoms with E-state index in [0.29, 0.717) is 5.46 Å². The third-order valence-corrected chi connectivity index (χ3v) is 1.37. The SMILES string of the molecule is COOB(O)c1cncc(C)c1. The Labute approximate surface area is 71.2 Å². The first-order valence-corrected chi connectivity index (χ1v) is 3.53. The molecular weight excluding hydrogens is 157 g/mol. The average molecular weight is 167 g/mol. The summed E-state index contributed by atoms with van der Waals surface area (Å²) in [6.07, 6.45) is 3.22. The zero-order chi connectivity index (χ0) is 8.97. The van der Waals surface area contributed by atoms with Crippen LogP contribution in [0.25, 0.3) is 0 Å². The number of nitrogens with zero attached hydrogens (tertiary/aromatic N) is 1. The molecule has 1 N–H and O–H groups in total. The summed E-state index contributed by atoms with van der Waals surface area (Å²) in [7, 11) is 0.273. The maximum absolute atomic E-state index is 9.26. The predicted octanol–water partition coefficient (Wildman–Crippen LogP) is -0.344. The molecule has 0 spiro atoms. The zero-order valence-electron chi connectivity index (χ0n) is 7.02. The van der Waals surface area contributed by atoms with E-state index in [1.54, 1.807) is 12.3 Å². The monoisotopic (exact) mass is 167 g/mol. The second-order valence-corrected chi connectivity index (χ2v) is 2.41. The Kier molecular flexibility index (Phi) is 3.22. The van der Waals surface area contributed by atoms with Gasteiger partial charge in [0.2, 0.25) is 0 Å². The van der Waals surface area contributed by atoms with E-state index in [1.165, 1.54) is 13.3 Å². The highest BCUT2D eigenvalue weighted by atomic mass is 17.2. The molecule has 0 radical (unpaired) electrons. The molecule has 0 aliphatic carbocycles. The third kappa shape index (κ3) is 2.30. The molecule has 4 nitrogen and oxygen atoms in total. The maximum atomic E-state index is 9.26. The van der Waals surface area contributed by atoms with Crippen LogP contribution in [0.4, 0.5) is 0 Å². The molecule has 0 fully saturated rings. The predicted molar refractivity (Wildman–Crippen MR) is 44.7 cm³/mol. The number of hydrogen-bond acceptors (Lipinski definition) is 4. The van der Waals surface area contributed by atoms with Gasteiger partial charge in [-0.1, -0.05) is 6.07 Å². The molecule has 0 saturated carbocycles. The molecule has 1 aromatic rings. The quantitative estimate of drug-likeness (QED) is 0.380. The lowest BCUT2D eigenvalue weighted by Gasteiger charge is -2.04. The summed E-state index contributed by atoms with van der Waals surface area (Å²) in [6, 6.07) is 1.77. The molecule has 0 aliphatic heterocycles. The van der Waals surface area contributed by atoms with Gasteiger partial charge in [0, 0.05) is 17.9 Å². The van der Waals surface area contributed by atoms with Crippen LogP contribution in [-0.2, 0) is 9.69 Å². The molecule has 64 valence electrons. The summed E-state index contributed by atoms with van der Waals surface area (Å²) in [5.74, 6) is 0. The van der Waals surface area contributed by atoms with E-state index in [2.05, 4.69) is 14.7 Å². The summed E-state index contributed by atoms with van der Waals surface area (Å²) in [5, 5.41) is 9.26. The van der Waals surface area contributed by atoms with Gasteiger partial charge in [0.05, 0.1) is 7.11 Å². The zero-order valence-corrected chi connectivity index (χ0v) is 7.02. The normalized spacial score (nSPS) is 9.92. The van der Waals surface area contributed by atoms with Crippen LogP contribution >= 0.6 is 0 Å². The molecule has 0 bridgehead atoms. The van der Waals surface area contributed by atoms with E-state index < -0.39 is 7.12 Å². The maximum Gasteiger partial charge on any atom is 0.524 e. The van der Waals surface area contributed by atoms with E-state index in [9.17, 15) is 5.02 Å². The van der Waals surface area contributed by atoms with Crippen molar-refractivity contribution in [2.45, 2.75) is 6.92 Å². The summed E-state index contributed by atoms with van der Waals surface area (Å²) in [4.78, 5) is 12.7. The molecular formula is C7H10BNO3. The Morgan fingerprint density at radius 2 is 2.25 bits per heavy atom. The van der Waals surface area contributed by atoms with Crippen LogP contribution in [0.5, 0.6) is 0 Å². The van der Waals surface area contributed by atoms with Crippen molar-refractivity contribution in [2.24, 2.45) is 0 Å². The van der Waals surface area contributed by atoms with Gasteiger partial charge >= 0.3 is 7.12 Å². The van der Waals surface area contributed by atoms with Crippen molar-refractivity contribution in [1.29, 1.82) is 0 Å². The van der Waals surface area contributed by atoms with Gasteiger partial charge in [0.15, 0.2) is 0 Å². The topological polar surface area (TPSA) is 51.6 Å². The Morgan fingerprint density at radius 3 is 2.83 bits per heavy atom. The number of rotatable bonds is 3. The van der Waals surface area contributed by atoms with Crippen molar-refractivity contribution in [2.75, 3.05) is 7.11 Å². The van der Waals surface area contributed by atoms with Crippen molar-refractivity contribution in [3.63, 3.8) is 0 Å². The molecule has 0 aromatic carbocycles. The van der Waals surface area contributed by atoms with E-state index in [4.69, 9.17) is 0 Å². The lowest BCUT2D eigenvalue weighted by atomic mass is 9.81. The molecule has 0 amide bonds. The Balaban J connectivity index is 2.73. The fourth-order valence-corrected chi connectivity index (χ4v) is 0.860. The van der Waals surface area contributed by atoms with Crippen LogP contribution in [-0.4, -0.2) is 24.2 Å². The van der Waals surface area contributed by atoms with Gasteiger partial charge in [-0.05, 0) is 12.5 Å². The largest absolute Gasteiger partial charge is 0.524 e. The van der Waals surface area contributed by atoms with Crippen LogP contribution in [0, 0.1) is 6.92 Å². The Bertz CT molecular complexity index is 256. The van der Waals surface area contributed by atoms with Gasteiger partial charge in [0.1, 0.15) is 0 Å². The van der Waals surface area contributed by atoms with E-state index in [1.807, 2.05) is 6.92 Å². The summed E-state index contributed by atoms with van der Waals surface area (Å²) < 4.78 is 0. The summed E-state index contributed by atoms with van der Waals surface area (Å²) in [6.45, 7) is 1.88. The molecule has 0 saturated heterocycles. The first kappa shape index (κ1) is 9.19. The van der Waals surface area contributed by atoms with Crippen molar-refractivity contribution in [1.82, 2.24) is 4.98 Å². The summed E-state index contributed by atoms with van der Waals surface area (Å²) in [5.41, 5.74) is 1.54. The van der Waals surface area contributed by atoms with Gasteiger partial charge < -0.3 is 5.02 Å². The van der Waals surface area contributed by atoms with Crippen LogP contribution in [0.15, 0.2) is 18.5 Å². The smallest absolute Gasteiger partial charge is 0.422 e. The Morgan fingerprint density at radius 1 is 1.50 bits per heavy atom. The molecule has 12 heavy (non-hydrogen) atoms. The molecule has 1 heterocycles. The van der Waals surface area contributed by atoms with Crippen molar-refractivity contribution < 1.29 is 14.7 Å². The van der Waals surface area contributed by atoms with Gasteiger partial charge in [-0.25, -0.2) is 0 Å². The van der Waals surface area contributed by atoms with Crippen molar-refractivity contribution >= 4 is 12.6 Å². The highest BCUT2D eigenvalue weighted by Gasteiger charge is 2.17. The Hall–Kier alpha value is -0.905. The number of pyridine rings is 1. The standard InChI is InChI=1S/C7H10BNO3/c1-6-3-7(5-9-4-6)8(10)12-11-2/h3-5,10H,1-2H3. The summed E-state index contributed by atoms with van der Waals surface area (Å²) >= 11 is 0. The molecule has 5 heteroatoms. The molecule has 1 rings (SSSR count). The number of hydrogen-bond donors (Lipinski definition) is 1. The average Bonchev–Trinajstić information content (AvgIpc) is 2.05. The van der Waals surface area contributed by atoms with Crippen LogP contribution in [0.2, 0.25) is 0 Å². The second kappa shape index (κ2) is 4.20. The first-order valence-electron chi connectivity index (χ1n) is 3.53. The van der Waals surface area contributed by atoms with E-state index in [-0.39, 0.29) is 0 Å². The first-order chi connectivity index (χ1) is 5.74. The van der Waals surface area contributed by atoms with Crippen LogP contribution in [0.3, 0.4) is 0 Å². The molecule has 0 aliphatic rings. The highest BCUT2D eigenvalue weighted by molar-refractivity contribution is 6.59. The van der Waals surface area contributed by atoms with E-state index in [0.717, 1.165) is 5.56 Å². The minimum Gasteiger partial charge on any atom is -0.422 e. The van der Waals surface area contributed by atoms with Gasteiger partial charge in [0.25, 0.3) is 0 Å². The van der Waals surface area contributed by atoms with E-state index >= 15 is 0 Å². The lowest BCUT2D eigenvalue weighted by Crippen LogP contribution is -2.33. The van der Waals surface area contributed by atoms with Gasteiger partial charge in [-0.3, -0.25) is 14.7 Å². The molecule has 0 atom stereocenters. The molecule has 1 aromatic heterocycles.